The highest BCUT2D eigenvalue weighted by Gasteiger charge is 2.42. The van der Waals surface area contributed by atoms with E-state index in [1.807, 2.05) is 60.7 Å². The Balaban J connectivity index is 1.38. The van der Waals surface area contributed by atoms with Gasteiger partial charge in [0.2, 0.25) is 5.78 Å². The summed E-state index contributed by atoms with van der Waals surface area (Å²) in [5.41, 5.74) is -1.46. The van der Waals surface area contributed by atoms with Gasteiger partial charge in [-0.3, -0.25) is 14.1 Å². The molecule has 2 aliphatic rings. The Hall–Kier alpha value is -4.18. The SMILES string of the molecule is O=C(O)C(=CNC1CC1)C(=O)c1cc(F)c(N2CC[C@](CF)(CN(Cc3ccccc3)Cc3ccccc3)C2)c(F)c1F. The third kappa shape index (κ3) is 7.07. The molecule has 1 aliphatic carbocycles. The molecule has 3 aromatic carbocycles. The Morgan fingerprint density at radius 3 is 2.12 bits per heavy atom. The van der Waals surface area contributed by atoms with Crippen molar-refractivity contribution in [3.05, 3.63) is 113 Å². The van der Waals surface area contributed by atoms with Gasteiger partial charge in [-0.2, -0.15) is 0 Å². The third-order valence-corrected chi connectivity index (χ3v) is 7.99. The number of carbonyl (C=O) groups is 2. The van der Waals surface area contributed by atoms with Gasteiger partial charge in [-0.1, -0.05) is 60.7 Å². The number of hydrogen-bond donors (Lipinski definition) is 2. The highest BCUT2D eigenvalue weighted by molar-refractivity contribution is 6.23. The Bertz CT molecular complexity index is 1460. The lowest BCUT2D eigenvalue weighted by Crippen LogP contribution is -2.41. The van der Waals surface area contributed by atoms with Crippen LogP contribution < -0.4 is 10.2 Å². The van der Waals surface area contributed by atoms with Crippen molar-refractivity contribution in [2.75, 3.05) is 31.2 Å². The number of halogens is 4. The zero-order chi connectivity index (χ0) is 30.6. The van der Waals surface area contributed by atoms with Crippen LogP contribution in [-0.2, 0) is 17.9 Å². The number of hydrogen-bond acceptors (Lipinski definition) is 5. The van der Waals surface area contributed by atoms with E-state index in [9.17, 15) is 19.1 Å². The van der Waals surface area contributed by atoms with Gasteiger partial charge >= 0.3 is 5.97 Å². The summed E-state index contributed by atoms with van der Waals surface area (Å²) in [6.07, 6.45) is 2.79. The standard InChI is InChI=1S/C33H33F4N3O3/c34-19-33(20-39(17-22-7-3-1-4-8-22)18-23-9-5-2-6-10-23)13-14-40(21-33)30-27(35)15-25(28(36)29(30)37)31(41)26(32(42)43)16-38-24-11-12-24/h1-10,15-16,24,38H,11-14,17-21H2,(H,42,43)/t33-/m0/s1. The van der Waals surface area contributed by atoms with E-state index in [1.54, 1.807) is 0 Å². The number of benzene rings is 3. The number of alkyl halides is 1. The number of aliphatic carboxylic acids is 1. The fourth-order valence-electron chi connectivity index (χ4n) is 5.59. The van der Waals surface area contributed by atoms with Crippen LogP contribution >= 0.6 is 0 Å². The van der Waals surface area contributed by atoms with E-state index in [4.69, 9.17) is 0 Å². The molecule has 0 spiro atoms. The minimum absolute atomic E-state index is 0.00472. The molecule has 1 saturated carbocycles. The summed E-state index contributed by atoms with van der Waals surface area (Å²) < 4.78 is 60.9. The van der Waals surface area contributed by atoms with Crippen molar-refractivity contribution in [1.29, 1.82) is 0 Å². The molecule has 5 rings (SSSR count). The average Bonchev–Trinajstić information content (AvgIpc) is 3.74. The summed E-state index contributed by atoms with van der Waals surface area (Å²) in [5.74, 6) is -7.47. The number of carboxylic acids is 1. The van der Waals surface area contributed by atoms with Crippen molar-refractivity contribution in [1.82, 2.24) is 10.2 Å². The molecule has 2 N–H and O–H groups in total. The van der Waals surface area contributed by atoms with Crippen molar-refractivity contribution < 1.29 is 32.3 Å². The van der Waals surface area contributed by atoms with Crippen molar-refractivity contribution >= 4 is 17.4 Å². The second-order valence-electron chi connectivity index (χ2n) is 11.4. The lowest BCUT2D eigenvalue weighted by atomic mass is 9.87. The Kier molecular flexibility index (Phi) is 9.15. The number of carboxylic acid groups (broad SMARTS) is 1. The molecule has 0 aromatic heterocycles. The number of Topliss-reactive ketones (excluding diaryl/α,β-unsaturated/α-hetero) is 1. The maximum atomic E-state index is 15.4. The molecule has 10 heteroatoms. The molecule has 0 bridgehead atoms. The first kappa shape index (κ1) is 30.3. The van der Waals surface area contributed by atoms with Crippen LogP contribution in [0.2, 0.25) is 0 Å². The molecule has 6 nitrogen and oxygen atoms in total. The maximum Gasteiger partial charge on any atom is 0.341 e. The van der Waals surface area contributed by atoms with Gasteiger partial charge in [0.25, 0.3) is 0 Å². The minimum Gasteiger partial charge on any atom is -0.477 e. The van der Waals surface area contributed by atoms with Crippen molar-refractivity contribution in [2.45, 2.75) is 38.4 Å². The predicted molar refractivity (Wildman–Crippen MR) is 155 cm³/mol. The zero-order valence-corrected chi connectivity index (χ0v) is 23.5. The van der Waals surface area contributed by atoms with Gasteiger partial charge in [-0.15, -0.1) is 0 Å². The van der Waals surface area contributed by atoms with E-state index in [0.717, 1.165) is 30.2 Å². The summed E-state index contributed by atoms with van der Waals surface area (Å²) in [6, 6.07) is 19.9. The number of carbonyl (C=O) groups excluding carboxylic acids is 1. The van der Waals surface area contributed by atoms with Gasteiger partial charge in [0, 0.05) is 50.4 Å². The molecular weight excluding hydrogens is 562 g/mol. The van der Waals surface area contributed by atoms with E-state index >= 15 is 13.2 Å². The van der Waals surface area contributed by atoms with Crippen LogP contribution in [0.1, 0.15) is 40.7 Å². The number of ketones is 1. The minimum atomic E-state index is -1.65. The lowest BCUT2D eigenvalue weighted by Gasteiger charge is -2.34. The van der Waals surface area contributed by atoms with Gasteiger partial charge in [0.1, 0.15) is 17.1 Å². The van der Waals surface area contributed by atoms with Crippen LogP contribution in [0.3, 0.4) is 0 Å². The molecule has 1 atom stereocenters. The highest BCUT2D eigenvalue weighted by atomic mass is 19.2. The van der Waals surface area contributed by atoms with Crippen molar-refractivity contribution in [3.63, 3.8) is 0 Å². The third-order valence-electron chi connectivity index (χ3n) is 7.99. The Morgan fingerprint density at radius 2 is 1.58 bits per heavy atom. The fraction of sp³-hybridized carbons (Fsp3) is 0.333. The van der Waals surface area contributed by atoms with Crippen LogP contribution in [0, 0.1) is 22.9 Å². The van der Waals surface area contributed by atoms with E-state index in [-0.39, 0.29) is 32.1 Å². The molecule has 2 fully saturated rings. The van der Waals surface area contributed by atoms with Gasteiger partial charge in [-0.05, 0) is 36.5 Å². The van der Waals surface area contributed by atoms with Crippen molar-refractivity contribution in [3.8, 4) is 0 Å². The van der Waals surface area contributed by atoms with E-state index in [1.165, 1.54) is 4.90 Å². The van der Waals surface area contributed by atoms with Crippen molar-refractivity contribution in [2.24, 2.45) is 5.41 Å². The molecule has 0 amide bonds. The van der Waals surface area contributed by atoms with Crippen LogP contribution in [0.5, 0.6) is 0 Å². The molecule has 3 aromatic rings. The zero-order valence-electron chi connectivity index (χ0n) is 23.5. The van der Waals surface area contributed by atoms with Crippen LogP contribution in [0.25, 0.3) is 0 Å². The normalized spacial score (nSPS) is 18.7. The molecule has 1 aliphatic heterocycles. The lowest BCUT2D eigenvalue weighted by molar-refractivity contribution is -0.132. The van der Waals surface area contributed by atoms with Gasteiger partial charge in [0.15, 0.2) is 11.6 Å². The molecule has 1 saturated heterocycles. The second-order valence-corrected chi connectivity index (χ2v) is 11.4. The molecule has 226 valence electrons. The molecule has 43 heavy (non-hydrogen) atoms. The van der Waals surface area contributed by atoms with Gasteiger partial charge < -0.3 is 15.3 Å². The van der Waals surface area contributed by atoms with Gasteiger partial charge in [0.05, 0.1) is 12.2 Å². The molecule has 0 unspecified atom stereocenters. The Morgan fingerprint density at radius 1 is 0.977 bits per heavy atom. The molecular formula is C33H33F4N3O3. The number of rotatable bonds is 13. The van der Waals surface area contributed by atoms with E-state index in [2.05, 4.69) is 10.2 Å². The summed E-state index contributed by atoms with van der Waals surface area (Å²) in [7, 11) is 0. The summed E-state index contributed by atoms with van der Waals surface area (Å²) in [4.78, 5) is 27.8. The smallest absolute Gasteiger partial charge is 0.341 e. The number of nitrogens with one attached hydrogen (secondary N) is 1. The highest BCUT2D eigenvalue weighted by Crippen LogP contribution is 2.39. The van der Waals surface area contributed by atoms with E-state index in [0.29, 0.717) is 19.2 Å². The Labute approximate surface area is 247 Å². The predicted octanol–water partition coefficient (Wildman–Crippen LogP) is 5.88. The number of anilines is 1. The molecule has 0 radical (unpaired) electrons. The fourth-order valence-corrected chi connectivity index (χ4v) is 5.59. The largest absolute Gasteiger partial charge is 0.477 e. The number of nitrogens with zero attached hydrogens (tertiary/aromatic N) is 2. The monoisotopic (exact) mass is 595 g/mol. The first-order valence-electron chi connectivity index (χ1n) is 14.2. The van der Waals surface area contributed by atoms with Crippen LogP contribution in [0.4, 0.5) is 23.2 Å². The summed E-state index contributed by atoms with van der Waals surface area (Å²) >= 11 is 0. The first-order chi connectivity index (χ1) is 20.7. The maximum absolute atomic E-state index is 15.4. The molecule has 1 heterocycles. The quantitative estimate of drug-likeness (QED) is 0.0643. The van der Waals surface area contributed by atoms with E-state index < -0.39 is 58.1 Å². The first-order valence-corrected chi connectivity index (χ1v) is 14.2. The second kappa shape index (κ2) is 13.0. The van der Waals surface area contributed by atoms with Crippen LogP contribution in [0.15, 0.2) is 78.5 Å². The average molecular weight is 596 g/mol. The summed E-state index contributed by atoms with van der Waals surface area (Å²) in [5, 5.41) is 12.2. The summed E-state index contributed by atoms with van der Waals surface area (Å²) in [6.45, 7) is 0.581. The van der Waals surface area contributed by atoms with Gasteiger partial charge in [-0.25, -0.2) is 18.0 Å². The topological polar surface area (TPSA) is 72.9 Å². The van der Waals surface area contributed by atoms with Crippen LogP contribution in [-0.4, -0.2) is 54.1 Å².